The highest BCUT2D eigenvalue weighted by Crippen LogP contribution is 2.33. The molecule has 2 aromatic rings. The van der Waals surface area contributed by atoms with Gasteiger partial charge in [0.25, 0.3) is 0 Å². The number of anilines is 1. The maximum Gasteiger partial charge on any atom is 0.326 e. The summed E-state index contributed by atoms with van der Waals surface area (Å²) < 4.78 is 31.8. The van der Waals surface area contributed by atoms with Crippen molar-refractivity contribution in [1.29, 1.82) is 0 Å². The molecule has 25 heavy (non-hydrogen) atoms. The molecule has 6 nitrogen and oxygen atoms in total. The van der Waals surface area contributed by atoms with Gasteiger partial charge in [-0.1, -0.05) is 42.5 Å². The first-order chi connectivity index (χ1) is 11.9. The molecule has 1 heterocycles. The summed E-state index contributed by atoms with van der Waals surface area (Å²) in [7, 11) is -1.11. The van der Waals surface area contributed by atoms with E-state index in [0.29, 0.717) is 12.2 Å². The predicted molar refractivity (Wildman–Crippen MR) is 94.7 cm³/mol. The number of sulfonamides is 1. The molecule has 0 saturated carbocycles. The Labute approximate surface area is 147 Å². The number of methoxy groups -OCH3 is 1. The van der Waals surface area contributed by atoms with Gasteiger partial charge in [0, 0.05) is 20.1 Å². The molecule has 0 unspecified atom stereocenters. The van der Waals surface area contributed by atoms with Gasteiger partial charge in [-0.2, -0.15) is 4.31 Å². The molecule has 0 spiro atoms. The van der Waals surface area contributed by atoms with Crippen LogP contribution in [0.4, 0.5) is 5.69 Å². The van der Waals surface area contributed by atoms with E-state index in [4.69, 9.17) is 4.74 Å². The van der Waals surface area contributed by atoms with Gasteiger partial charge in [-0.3, -0.25) is 4.79 Å². The molecule has 0 fully saturated rings. The highest BCUT2D eigenvalue weighted by molar-refractivity contribution is 7.89. The third-order valence-corrected chi connectivity index (χ3v) is 6.30. The smallest absolute Gasteiger partial charge is 0.326 e. The summed E-state index contributed by atoms with van der Waals surface area (Å²) in [5.41, 5.74) is 1.62. The van der Waals surface area contributed by atoms with Crippen molar-refractivity contribution in [1.82, 2.24) is 4.31 Å². The average molecular weight is 360 g/mol. The number of ether oxygens (including phenoxy) is 1. The Bertz CT molecular complexity index is 868. The number of nitrogens with zero attached hydrogens (tertiary/aromatic N) is 2. The van der Waals surface area contributed by atoms with Crippen LogP contribution in [0.3, 0.4) is 0 Å². The number of para-hydroxylation sites is 1. The van der Waals surface area contributed by atoms with Crippen LogP contribution in [-0.4, -0.2) is 45.4 Å². The zero-order valence-electron chi connectivity index (χ0n) is 14.1. The SMILES string of the molecule is COC(=O)[C@@H]1CN(Cc2ccccc2)c2ccccc2S(=O)(=O)N1C. The van der Waals surface area contributed by atoms with Gasteiger partial charge in [-0.15, -0.1) is 0 Å². The fraction of sp³-hybridized carbons (Fsp3) is 0.278. The summed E-state index contributed by atoms with van der Waals surface area (Å²) in [4.78, 5) is 14.3. The molecular formula is C18H20N2O4S. The molecule has 1 atom stereocenters. The van der Waals surface area contributed by atoms with Crippen LogP contribution in [0.2, 0.25) is 0 Å². The van der Waals surface area contributed by atoms with Gasteiger partial charge in [0.1, 0.15) is 10.9 Å². The largest absolute Gasteiger partial charge is 0.468 e. The van der Waals surface area contributed by atoms with E-state index in [-0.39, 0.29) is 11.4 Å². The lowest BCUT2D eigenvalue weighted by Crippen LogP contribution is -2.47. The Morgan fingerprint density at radius 2 is 1.76 bits per heavy atom. The number of hydrogen-bond donors (Lipinski definition) is 0. The molecule has 0 saturated heterocycles. The standard InChI is InChI=1S/C18H20N2O4S/c1-19-16(18(21)24-2)13-20(12-14-8-4-3-5-9-14)15-10-6-7-11-17(15)25(19,22)23/h3-11,16H,12-13H2,1-2H3/t16-/m0/s1. The van der Waals surface area contributed by atoms with Crippen LogP contribution in [0.15, 0.2) is 59.5 Å². The number of esters is 1. The Balaban J connectivity index is 2.10. The van der Waals surface area contributed by atoms with E-state index in [1.54, 1.807) is 24.3 Å². The monoisotopic (exact) mass is 360 g/mol. The highest BCUT2D eigenvalue weighted by atomic mass is 32.2. The molecule has 0 aromatic heterocycles. The number of carbonyl (C=O) groups excluding carboxylic acids is 1. The van der Waals surface area contributed by atoms with E-state index in [2.05, 4.69) is 0 Å². The fourth-order valence-corrected chi connectivity index (χ4v) is 4.50. The quantitative estimate of drug-likeness (QED) is 0.782. The second-order valence-corrected chi connectivity index (χ2v) is 7.86. The van der Waals surface area contributed by atoms with Crippen molar-refractivity contribution in [3.8, 4) is 0 Å². The summed E-state index contributed by atoms with van der Waals surface area (Å²) in [6.07, 6.45) is 0. The number of fused-ring (bicyclic) bond motifs is 1. The molecule has 2 aromatic carbocycles. The first kappa shape index (κ1) is 17.4. The maximum atomic E-state index is 12.9. The van der Waals surface area contributed by atoms with Crippen molar-refractivity contribution in [3.63, 3.8) is 0 Å². The molecule has 0 aliphatic carbocycles. The van der Waals surface area contributed by atoms with Crippen LogP contribution in [-0.2, 0) is 26.1 Å². The average Bonchev–Trinajstić information content (AvgIpc) is 2.71. The lowest BCUT2D eigenvalue weighted by atomic mass is 10.1. The lowest BCUT2D eigenvalue weighted by molar-refractivity contribution is -0.144. The van der Waals surface area contributed by atoms with E-state index in [9.17, 15) is 13.2 Å². The van der Waals surface area contributed by atoms with Gasteiger partial charge in [-0.05, 0) is 17.7 Å². The molecule has 3 rings (SSSR count). The summed E-state index contributed by atoms with van der Waals surface area (Å²) in [6, 6.07) is 15.6. The predicted octanol–water partition coefficient (Wildman–Crippen LogP) is 1.87. The van der Waals surface area contributed by atoms with Gasteiger partial charge in [0.2, 0.25) is 10.0 Å². The molecule has 0 bridgehead atoms. The Morgan fingerprint density at radius 1 is 1.12 bits per heavy atom. The highest BCUT2D eigenvalue weighted by Gasteiger charge is 2.40. The molecule has 1 aliphatic rings. The van der Waals surface area contributed by atoms with Crippen molar-refractivity contribution >= 4 is 21.7 Å². The number of hydrogen-bond acceptors (Lipinski definition) is 5. The minimum absolute atomic E-state index is 0.194. The van der Waals surface area contributed by atoms with Gasteiger partial charge in [0.15, 0.2) is 0 Å². The summed E-state index contributed by atoms with van der Waals surface area (Å²) in [5.74, 6) is -0.572. The maximum absolute atomic E-state index is 12.9. The van der Waals surface area contributed by atoms with Crippen LogP contribution in [0, 0.1) is 0 Å². The van der Waals surface area contributed by atoms with Crippen LogP contribution in [0.5, 0.6) is 0 Å². The number of likely N-dealkylation sites (N-methyl/N-ethyl adjacent to an activating group) is 1. The number of benzene rings is 2. The van der Waals surface area contributed by atoms with Gasteiger partial charge in [-0.25, -0.2) is 8.42 Å². The number of rotatable bonds is 3. The summed E-state index contributed by atoms with van der Waals surface area (Å²) in [6.45, 7) is 0.711. The number of carbonyl (C=O) groups is 1. The minimum Gasteiger partial charge on any atom is -0.468 e. The van der Waals surface area contributed by atoms with Crippen molar-refractivity contribution in [2.45, 2.75) is 17.5 Å². The molecule has 0 radical (unpaired) electrons. The second kappa shape index (κ2) is 6.85. The lowest BCUT2D eigenvalue weighted by Gasteiger charge is -2.27. The Morgan fingerprint density at radius 3 is 2.44 bits per heavy atom. The normalized spacial score (nSPS) is 19.8. The zero-order chi connectivity index (χ0) is 18.0. The zero-order valence-corrected chi connectivity index (χ0v) is 14.9. The second-order valence-electron chi connectivity index (χ2n) is 5.89. The van der Waals surface area contributed by atoms with E-state index >= 15 is 0 Å². The van der Waals surface area contributed by atoms with Crippen molar-refractivity contribution < 1.29 is 17.9 Å². The first-order valence-electron chi connectivity index (χ1n) is 7.89. The van der Waals surface area contributed by atoms with E-state index in [1.165, 1.54) is 14.2 Å². The van der Waals surface area contributed by atoms with Crippen LogP contribution in [0.25, 0.3) is 0 Å². The third-order valence-electron chi connectivity index (χ3n) is 4.38. The van der Waals surface area contributed by atoms with Crippen LogP contribution in [0.1, 0.15) is 5.56 Å². The molecule has 0 N–H and O–H groups in total. The molecule has 1 aliphatic heterocycles. The van der Waals surface area contributed by atoms with Crippen LogP contribution >= 0.6 is 0 Å². The van der Waals surface area contributed by atoms with Crippen LogP contribution < -0.4 is 4.90 Å². The fourth-order valence-electron chi connectivity index (χ4n) is 2.99. The summed E-state index contributed by atoms with van der Waals surface area (Å²) in [5, 5.41) is 0. The van der Waals surface area contributed by atoms with E-state index in [1.807, 2.05) is 35.2 Å². The Hall–Kier alpha value is -2.38. The van der Waals surface area contributed by atoms with Gasteiger partial charge in [0.05, 0.1) is 12.8 Å². The molecule has 132 valence electrons. The molecule has 0 amide bonds. The van der Waals surface area contributed by atoms with Crippen molar-refractivity contribution in [3.05, 3.63) is 60.2 Å². The van der Waals surface area contributed by atoms with Gasteiger partial charge >= 0.3 is 5.97 Å². The first-order valence-corrected chi connectivity index (χ1v) is 9.33. The Kier molecular flexibility index (Phi) is 4.78. The van der Waals surface area contributed by atoms with E-state index < -0.39 is 22.0 Å². The molecular weight excluding hydrogens is 340 g/mol. The third kappa shape index (κ3) is 3.25. The van der Waals surface area contributed by atoms with Crippen molar-refractivity contribution in [2.75, 3.05) is 25.6 Å². The van der Waals surface area contributed by atoms with E-state index in [0.717, 1.165) is 9.87 Å². The topological polar surface area (TPSA) is 66.9 Å². The minimum atomic E-state index is -3.80. The summed E-state index contributed by atoms with van der Waals surface area (Å²) >= 11 is 0. The van der Waals surface area contributed by atoms with Gasteiger partial charge < -0.3 is 9.64 Å². The van der Waals surface area contributed by atoms with Crippen molar-refractivity contribution in [2.24, 2.45) is 0 Å². The molecule has 7 heteroatoms.